The van der Waals surface area contributed by atoms with E-state index in [1.807, 2.05) is 0 Å². The van der Waals surface area contributed by atoms with Crippen molar-refractivity contribution in [3.63, 3.8) is 0 Å². The third-order valence-electron chi connectivity index (χ3n) is 2.76. The lowest BCUT2D eigenvalue weighted by molar-refractivity contribution is -0.137. The summed E-state index contributed by atoms with van der Waals surface area (Å²) in [7, 11) is 1.32. The Hall–Kier alpha value is -1.39. The fourth-order valence-corrected chi connectivity index (χ4v) is 2.18. The lowest BCUT2D eigenvalue weighted by Gasteiger charge is -2.16. The zero-order chi connectivity index (χ0) is 14.9. The van der Waals surface area contributed by atoms with E-state index in [-0.39, 0.29) is 21.4 Å². The summed E-state index contributed by atoms with van der Waals surface area (Å²) in [5.41, 5.74) is -0.541. The van der Waals surface area contributed by atoms with Gasteiger partial charge in [-0.15, -0.1) is 0 Å². The number of hydrogen-bond donors (Lipinski definition) is 0. The maximum atomic E-state index is 13.1. The number of alkyl halides is 3. The van der Waals surface area contributed by atoms with Crippen LogP contribution in [-0.2, 0) is 6.18 Å². The molecule has 2 aromatic carbocycles. The van der Waals surface area contributed by atoms with E-state index in [0.717, 1.165) is 6.07 Å². The molecule has 0 N–H and O–H groups in total. The molecular weight excluding hydrogens is 312 g/mol. The first-order valence-corrected chi connectivity index (χ1v) is 6.30. The molecule has 0 saturated carbocycles. The first-order valence-electron chi connectivity index (χ1n) is 5.54. The van der Waals surface area contributed by atoms with Crippen molar-refractivity contribution >= 4 is 23.2 Å². The summed E-state index contributed by atoms with van der Waals surface area (Å²) in [5.74, 6) is 0.123. The van der Waals surface area contributed by atoms with E-state index in [2.05, 4.69) is 0 Å². The smallest absolute Gasteiger partial charge is 0.417 e. The standard InChI is InChI=1S/C14H9Cl2F3O/c1-20-12-4-2-3-9(14(17,18)19)13(12)8-5-6-10(15)11(16)7-8/h2-7H,1H3. The van der Waals surface area contributed by atoms with E-state index in [0.29, 0.717) is 5.56 Å². The van der Waals surface area contributed by atoms with Gasteiger partial charge >= 0.3 is 6.18 Å². The third kappa shape index (κ3) is 2.86. The van der Waals surface area contributed by atoms with Gasteiger partial charge in [-0.3, -0.25) is 0 Å². The second-order valence-electron chi connectivity index (χ2n) is 4.01. The average Bonchev–Trinajstić information content (AvgIpc) is 2.40. The molecule has 6 heteroatoms. The molecule has 0 saturated heterocycles. The molecule has 0 unspecified atom stereocenters. The van der Waals surface area contributed by atoms with Crippen LogP contribution in [0, 0.1) is 0 Å². The van der Waals surface area contributed by atoms with Gasteiger partial charge in [0.2, 0.25) is 0 Å². The highest BCUT2D eigenvalue weighted by Gasteiger charge is 2.35. The highest BCUT2D eigenvalue weighted by molar-refractivity contribution is 6.42. The van der Waals surface area contributed by atoms with Crippen LogP contribution < -0.4 is 4.74 Å². The van der Waals surface area contributed by atoms with Gasteiger partial charge in [0.15, 0.2) is 0 Å². The summed E-state index contributed by atoms with van der Waals surface area (Å²) in [6, 6.07) is 8.07. The molecule has 0 radical (unpaired) electrons. The van der Waals surface area contributed by atoms with Crippen molar-refractivity contribution < 1.29 is 17.9 Å². The van der Waals surface area contributed by atoms with Crippen molar-refractivity contribution in [2.24, 2.45) is 0 Å². The molecule has 0 fully saturated rings. The molecule has 2 aromatic rings. The van der Waals surface area contributed by atoms with Gasteiger partial charge in [-0.25, -0.2) is 0 Å². The second-order valence-corrected chi connectivity index (χ2v) is 4.82. The van der Waals surface area contributed by atoms with E-state index in [9.17, 15) is 13.2 Å². The van der Waals surface area contributed by atoms with Crippen LogP contribution in [-0.4, -0.2) is 7.11 Å². The van der Waals surface area contributed by atoms with Crippen LogP contribution in [0.3, 0.4) is 0 Å². The van der Waals surface area contributed by atoms with Gasteiger partial charge < -0.3 is 4.74 Å². The predicted octanol–water partition coefficient (Wildman–Crippen LogP) is 5.69. The zero-order valence-electron chi connectivity index (χ0n) is 10.3. The van der Waals surface area contributed by atoms with Gasteiger partial charge in [0.1, 0.15) is 5.75 Å². The van der Waals surface area contributed by atoms with Gasteiger partial charge in [0, 0.05) is 5.56 Å². The number of hydrogen-bond acceptors (Lipinski definition) is 1. The average molecular weight is 321 g/mol. The number of rotatable bonds is 2. The summed E-state index contributed by atoms with van der Waals surface area (Å²) >= 11 is 11.7. The highest BCUT2D eigenvalue weighted by atomic mass is 35.5. The molecule has 1 nitrogen and oxygen atoms in total. The first kappa shape index (κ1) is 15.0. The normalized spacial score (nSPS) is 11.5. The number of ether oxygens (including phenoxy) is 1. The Labute approximate surface area is 123 Å². The van der Waals surface area contributed by atoms with Crippen LogP contribution >= 0.6 is 23.2 Å². The van der Waals surface area contributed by atoms with Crippen LogP contribution in [0.15, 0.2) is 36.4 Å². The maximum Gasteiger partial charge on any atom is 0.417 e. The summed E-state index contributed by atoms with van der Waals surface area (Å²) in [6.07, 6.45) is -4.49. The van der Waals surface area contributed by atoms with E-state index >= 15 is 0 Å². The summed E-state index contributed by atoms with van der Waals surface area (Å²) in [4.78, 5) is 0. The molecule has 0 heterocycles. The molecule has 2 rings (SSSR count). The first-order chi connectivity index (χ1) is 9.34. The predicted molar refractivity (Wildman–Crippen MR) is 73.5 cm³/mol. The Bertz CT molecular complexity index is 639. The van der Waals surface area contributed by atoms with Gasteiger partial charge in [0.25, 0.3) is 0 Å². The van der Waals surface area contributed by atoms with Gasteiger partial charge in [-0.05, 0) is 29.8 Å². The summed E-state index contributed by atoms with van der Waals surface area (Å²) in [5, 5.41) is 0.460. The number of methoxy groups -OCH3 is 1. The maximum absolute atomic E-state index is 13.1. The Morgan fingerprint density at radius 3 is 2.25 bits per heavy atom. The Kier molecular flexibility index (Phi) is 4.16. The minimum absolute atomic E-state index is 0.0546. The van der Waals surface area contributed by atoms with Crippen LogP contribution in [0.5, 0.6) is 5.75 Å². The van der Waals surface area contributed by atoms with E-state index in [1.165, 1.54) is 37.4 Å². The molecule has 0 amide bonds. The van der Waals surface area contributed by atoms with Gasteiger partial charge in [-0.2, -0.15) is 13.2 Å². The van der Waals surface area contributed by atoms with Gasteiger partial charge in [0.05, 0.1) is 22.7 Å². The zero-order valence-corrected chi connectivity index (χ0v) is 11.8. The van der Waals surface area contributed by atoms with E-state index < -0.39 is 11.7 Å². The third-order valence-corrected chi connectivity index (χ3v) is 3.50. The molecule has 20 heavy (non-hydrogen) atoms. The molecule has 0 atom stereocenters. The quantitative estimate of drug-likeness (QED) is 0.690. The minimum Gasteiger partial charge on any atom is -0.496 e. The number of halogens is 5. The monoisotopic (exact) mass is 320 g/mol. The molecule has 0 aliphatic carbocycles. The van der Waals surface area contributed by atoms with Crippen molar-refractivity contribution in [2.45, 2.75) is 6.18 Å². The molecule has 0 aliphatic heterocycles. The van der Waals surface area contributed by atoms with Gasteiger partial charge in [-0.1, -0.05) is 35.3 Å². The Balaban J connectivity index is 2.73. The molecule has 106 valence electrons. The van der Waals surface area contributed by atoms with Crippen molar-refractivity contribution in [3.05, 3.63) is 52.0 Å². The molecule has 0 aromatic heterocycles. The second kappa shape index (κ2) is 5.54. The van der Waals surface area contributed by atoms with Crippen LogP contribution in [0.25, 0.3) is 11.1 Å². The molecular formula is C14H9Cl2F3O. The topological polar surface area (TPSA) is 9.23 Å². The highest BCUT2D eigenvalue weighted by Crippen LogP contribution is 2.43. The van der Waals surface area contributed by atoms with Crippen LogP contribution in [0.1, 0.15) is 5.56 Å². The summed E-state index contributed by atoms with van der Waals surface area (Å²) < 4.78 is 44.4. The lowest BCUT2D eigenvalue weighted by atomic mass is 9.98. The van der Waals surface area contributed by atoms with Crippen molar-refractivity contribution in [2.75, 3.05) is 7.11 Å². The lowest BCUT2D eigenvalue weighted by Crippen LogP contribution is -2.08. The van der Waals surface area contributed by atoms with Crippen LogP contribution in [0.4, 0.5) is 13.2 Å². The minimum atomic E-state index is -4.49. The van der Waals surface area contributed by atoms with Crippen LogP contribution in [0.2, 0.25) is 10.0 Å². The summed E-state index contributed by atoms with van der Waals surface area (Å²) in [6.45, 7) is 0. The Morgan fingerprint density at radius 1 is 1.00 bits per heavy atom. The van der Waals surface area contributed by atoms with Crippen molar-refractivity contribution in [1.82, 2.24) is 0 Å². The fourth-order valence-electron chi connectivity index (χ4n) is 1.89. The number of benzene rings is 2. The van der Waals surface area contributed by atoms with E-state index in [1.54, 1.807) is 0 Å². The van der Waals surface area contributed by atoms with Crippen molar-refractivity contribution in [1.29, 1.82) is 0 Å². The van der Waals surface area contributed by atoms with E-state index in [4.69, 9.17) is 27.9 Å². The Morgan fingerprint density at radius 2 is 1.70 bits per heavy atom. The SMILES string of the molecule is COc1cccc(C(F)(F)F)c1-c1ccc(Cl)c(Cl)c1. The molecule has 0 bridgehead atoms. The molecule has 0 aliphatic rings. The molecule has 0 spiro atoms. The van der Waals surface area contributed by atoms with Crippen molar-refractivity contribution in [3.8, 4) is 16.9 Å². The fraction of sp³-hybridized carbons (Fsp3) is 0.143. The largest absolute Gasteiger partial charge is 0.496 e.